The number of benzene rings is 1. The second kappa shape index (κ2) is 10.7. The summed E-state index contributed by atoms with van der Waals surface area (Å²) in [7, 11) is 2.14. The van der Waals surface area contributed by atoms with E-state index in [1.165, 1.54) is 11.1 Å². The summed E-state index contributed by atoms with van der Waals surface area (Å²) in [5, 5.41) is 3.72. The first-order valence-electron chi connectivity index (χ1n) is 14.3. The number of anilines is 3. The van der Waals surface area contributed by atoms with Gasteiger partial charge < -0.3 is 15.0 Å². The van der Waals surface area contributed by atoms with Gasteiger partial charge in [-0.2, -0.15) is 4.98 Å². The average molecular weight is 569 g/mol. The van der Waals surface area contributed by atoms with Crippen molar-refractivity contribution in [1.82, 2.24) is 29.2 Å². The number of likely N-dealkylation sites (N-methyl/N-ethyl adjacent to an activating group) is 1. The van der Waals surface area contributed by atoms with Crippen LogP contribution in [0, 0.1) is 0 Å². The van der Waals surface area contributed by atoms with Gasteiger partial charge in [-0.1, -0.05) is 39.0 Å². The number of pyridine rings is 1. The largest absolute Gasteiger partial charge is 0.488 e. The average Bonchev–Trinajstić information content (AvgIpc) is 3.24. The zero-order valence-electron chi connectivity index (χ0n) is 24.7. The van der Waals surface area contributed by atoms with Crippen LogP contribution < -0.4 is 20.5 Å². The number of carbonyl (C=O) groups excluding carboxylic acids is 1. The van der Waals surface area contributed by atoms with Crippen molar-refractivity contribution in [2.45, 2.75) is 52.6 Å². The van der Waals surface area contributed by atoms with Gasteiger partial charge in [0.25, 0.3) is 5.56 Å². The van der Waals surface area contributed by atoms with E-state index in [1.807, 2.05) is 32.1 Å². The molecule has 0 saturated heterocycles. The summed E-state index contributed by atoms with van der Waals surface area (Å²) in [6.07, 6.45) is 5.68. The van der Waals surface area contributed by atoms with E-state index in [1.54, 1.807) is 32.6 Å². The third kappa shape index (κ3) is 4.83. The van der Waals surface area contributed by atoms with E-state index in [4.69, 9.17) is 14.7 Å². The summed E-state index contributed by atoms with van der Waals surface area (Å²) < 4.78 is 9.05. The smallest absolute Gasteiger partial charge is 0.278 e. The zero-order valence-corrected chi connectivity index (χ0v) is 24.7. The summed E-state index contributed by atoms with van der Waals surface area (Å²) in [5.41, 5.74) is 3.73. The minimum Gasteiger partial charge on any atom is -0.488 e. The summed E-state index contributed by atoms with van der Waals surface area (Å²) in [6, 6.07) is 9.94. The minimum atomic E-state index is -0.231. The van der Waals surface area contributed by atoms with Crippen molar-refractivity contribution >= 4 is 34.4 Å². The van der Waals surface area contributed by atoms with Crippen LogP contribution in [-0.4, -0.2) is 61.9 Å². The molecule has 0 bridgehead atoms. The van der Waals surface area contributed by atoms with E-state index in [0.29, 0.717) is 60.5 Å². The topological polar surface area (TPSA) is 110 Å². The fraction of sp³-hybridized carbons (Fsp3) is 0.387. The fourth-order valence-electron chi connectivity index (χ4n) is 6.03. The molecular formula is C31H36N8O3. The number of allylic oxidation sites excluding steroid dienone is 2. The number of amides is 1. The van der Waals surface area contributed by atoms with Crippen LogP contribution in [0.5, 0.6) is 5.75 Å². The van der Waals surface area contributed by atoms with Crippen LogP contribution in [0.25, 0.3) is 16.9 Å². The lowest BCUT2D eigenvalue weighted by Gasteiger charge is -2.38. The Morgan fingerprint density at radius 1 is 1.19 bits per heavy atom. The lowest BCUT2D eigenvalue weighted by Crippen LogP contribution is -2.39. The second-order valence-electron chi connectivity index (χ2n) is 11.5. The Labute approximate surface area is 244 Å². The molecule has 0 unspecified atom stereocenters. The van der Waals surface area contributed by atoms with E-state index >= 15 is 0 Å². The molecule has 11 nitrogen and oxygen atoms in total. The summed E-state index contributed by atoms with van der Waals surface area (Å²) in [5.74, 6) is 1.75. The quantitative estimate of drug-likeness (QED) is 0.346. The predicted octanol–water partition coefficient (Wildman–Crippen LogP) is 4.16. The van der Waals surface area contributed by atoms with Crippen LogP contribution in [0.3, 0.4) is 0 Å². The molecule has 1 N–H and O–H groups in total. The molecule has 1 aromatic carbocycles. The molecule has 5 heterocycles. The van der Waals surface area contributed by atoms with Gasteiger partial charge in [0.15, 0.2) is 23.0 Å². The number of aromatic nitrogens is 5. The van der Waals surface area contributed by atoms with E-state index in [9.17, 15) is 9.59 Å². The normalized spacial score (nSPS) is 16.4. The molecule has 42 heavy (non-hydrogen) atoms. The molecule has 0 fully saturated rings. The van der Waals surface area contributed by atoms with Crippen molar-refractivity contribution in [3.05, 3.63) is 70.2 Å². The Morgan fingerprint density at radius 3 is 2.81 bits per heavy atom. The van der Waals surface area contributed by atoms with Crippen LogP contribution in [0.2, 0.25) is 0 Å². The van der Waals surface area contributed by atoms with Crippen molar-refractivity contribution in [3.63, 3.8) is 0 Å². The minimum absolute atomic E-state index is 0.0405. The maximum atomic E-state index is 13.5. The maximum Gasteiger partial charge on any atom is 0.278 e. The van der Waals surface area contributed by atoms with E-state index < -0.39 is 0 Å². The van der Waals surface area contributed by atoms with E-state index in [0.717, 1.165) is 18.8 Å². The molecular weight excluding hydrogens is 532 g/mol. The summed E-state index contributed by atoms with van der Waals surface area (Å²) in [6.45, 7) is 11.3. The number of fused-ring (bicyclic) bond motifs is 3. The van der Waals surface area contributed by atoms with Crippen molar-refractivity contribution < 1.29 is 9.53 Å². The zero-order chi connectivity index (χ0) is 29.6. The molecule has 1 amide bonds. The summed E-state index contributed by atoms with van der Waals surface area (Å²) in [4.78, 5) is 44.3. The molecule has 218 valence electrons. The number of nitrogens with one attached hydrogen (secondary N) is 1. The van der Waals surface area contributed by atoms with Crippen molar-refractivity contribution in [3.8, 4) is 11.6 Å². The fourth-order valence-corrected chi connectivity index (χ4v) is 6.03. The lowest BCUT2D eigenvalue weighted by atomic mass is 9.78. The molecule has 0 atom stereocenters. The highest BCUT2D eigenvalue weighted by Gasteiger charge is 2.30. The van der Waals surface area contributed by atoms with Crippen molar-refractivity contribution in [2.75, 3.05) is 37.0 Å². The van der Waals surface area contributed by atoms with Crippen LogP contribution in [0.1, 0.15) is 45.2 Å². The first-order valence-corrected chi connectivity index (χ1v) is 14.3. The molecule has 0 saturated carbocycles. The molecule has 0 radical (unpaired) electrons. The third-order valence-corrected chi connectivity index (χ3v) is 7.86. The number of hydrogen-bond acceptors (Lipinski definition) is 8. The Bertz CT molecular complexity index is 1770. The van der Waals surface area contributed by atoms with E-state index in [-0.39, 0.29) is 16.9 Å². The van der Waals surface area contributed by atoms with Gasteiger partial charge in [0.05, 0.1) is 13.1 Å². The molecule has 11 heteroatoms. The van der Waals surface area contributed by atoms with Gasteiger partial charge in [-0.05, 0) is 49.4 Å². The van der Waals surface area contributed by atoms with Gasteiger partial charge in [0.2, 0.25) is 11.9 Å². The van der Waals surface area contributed by atoms with Crippen LogP contribution in [0.15, 0.2) is 53.5 Å². The van der Waals surface area contributed by atoms with Gasteiger partial charge >= 0.3 is 0 Å². The summed E-state index contributed by atoms with van der Waals surface area (Å²) >= 11 is 0. The Balaban J connectivity index is 1.45. The Morgan fingerprint density at radius 2 is 2.02 bits per heavy atom. The first kappa shape index (κ1) is 27.6. The highest BCUT2D eigenvalue weighted by Crippen LogP contribution is 2.35. The third-order valence-electron chi connectivity index (χ3n) is 7.86. The number of ether oxygens (including phenoxy) is 1. The van der Waals surface area contributed by atoms with Gasteiger partial charge in [-0.25, -0.2) is 19.3 Å². The molecule has 6 rings (SSSR count). The van der Waals surface area contributed by atoms with Crippen LogP contribution >= 0.6 is 0 Å². The Hall–Kier alpha value is -4.51. The van der Waals surface area contributed by atoms with Crippen LogP contribution in [-0.2, 0) is 23.3 Å². The predicted molar refractivity (Wildman–Crippen MR) is 163 cm³/mol. The number of hydrogen-bond donors (Lipinski definition) is 1. The second-order valence-corrected chi connectivity index (χ2v) is 11.5. The number of carbonyl (C=O) groups is 1. The highest BCUT2D eigenvalue weighted by atomic mass is 16.5. The molecule has 2 aliphatic rings. The molecule has 0 aliphatic carbocycles. The SMILES string of the molecule is C/C=C\Cn1c(=O)c2cnc(Nc3ccc4c(c3)CN(C)CC4(C)C)nc2n1-c1ccc2c(n1)N(C(=O)CC)CCO2. The lowest BCUT2D eigenvalue weighted by molar-refractivity contribution is -0.118. The van der Waals surface area contributed by atoms with Gasteiger partial charge in [-0.15, -0.1) is 0 Å². The van der Waals surface area contributed by atoms with Gasteiger partial charge in [0, 0.05) is 36.8 Å². The molecule has 4 aromatic rings. The van der Waals surface area contributed by atoms with Gasteiger partial charge in [-0.3, -0.25) is 14.5 Å². The van der Waals surface area contributed by atoms with Gasteiger partial charge in [0.1, 0.15) is 12.0 Å². The number of rotatable bonds is 6. The maximum absolute atomic E-state index is 13.5. The monoisotopic (exact) mass is 568 g/mol. The van der Waals surface area contributed by atoms with E-state index in [2.05, 4.69) is 48.2 Å². The number of nitrogens with zero attached hydrogens (tertiary/aromatic N) is 7. The van der Waals surface area contributed by atoms with Crippen LogP contribution in [0.4, 0.5) is 17.5 Å². The standard InChI is InChI=1S/C31H36N8O3/c1-6-8-13-38-29(41)22-17-32-30(33-21-9-10-23-20(16-21)18-36(5)19-31(23,3)4)35-27(22)39(38)25-12-11-24-28(34-25)37(14-15-42-24)26(40)7-2/h6,8-12,16-17H,7,13-15,18-19H2,1-5H3,(H,32,33,35)/b8-6-. The highest BCUT2D eigenvalue weighted by molar-refractivity contribution is 5.94. The molecule has 3 aromatic heterocycles. The molecule has 0 spiro atoms. The molecule has 2 aliphatic heterocycles. The van der Waals surface area contributed by atoms with Crippen molar-refractivity contribution in [1.29, 1.82) is 0 Å². The first-order chi connectivity index (χ1) is 20.2. The Kier molecular flexibility index (Phi) is 7.05. The van der Waals surface area contributed by atoms with Crippen molar-refractivity contribution in [2.24, 2.45) is 0 Å².